The maximum absolute atomic E-state index is 12.4. The average Bonchev–Trinajstić information content (AvgIpc) is 2.54. The third-order valence-electron chi connectivity index (χ3n) is 1.88. The average molecular weight is 255 g/mol. The van der Waals surface area contributed by atoms with Crippen LogP contribution >= 0.6 is 23.2 Å². The highest BCUT2D eigenvalue weighted by molar-refractivity contribution is 6.44. The molecule has 0 N–H and O–H groups in total. The van der Waals surface area contributed by atoms with Gasteiger partial charge in [0.15, 0.2) is 0 Å². The topological polar surface area (TPSA) is 17.8 Å². The highest BCUT2D eigenvalue weighted by Gasteiger charge is 2.32. The molecule has 2 nitrogen and oxygen atoms in total. The molecule has 0 aliphatic carbocycles. The summed E-state index contributed by atoms with van der Waals surface area (Å²) < 4.78 is 37.4. The Morgan fingerprint density at radius 2 is 1.87 bits per heavy atom. The molecule has 1 heterocycles. The van der Waals surface area contributed by atoms with Gasteiger partial charge in [-0.2, -0.15) is 0 Å². The number of imidazole rings is 1. The molecule has 0 unspecified atom stereocenters. The Labute approximate surface area is 92.2 Å². The second-order valence-corrected chi connectivity index (χ2v) is 3.60. The van der Waals surface area contributed by atoms with E-state index in [2.05, 4.69) is 4.98 Å². The zero-order valence-corrected chi connectivity index (χ0v) is 8.53. The van der Waals surface area contributed by atoms with Crippen LogP contribution < -0.4 is 0 Å². The lowest BCUT2D eigenvalue weighted by atomic mass is 10.3. The van der Waals surface area contributed by atoms with Gasteiger partial charge in [-0.25, -0.2) is 9.55 Å². The predicted octanol–water partition coefficient (Wildman–Crippen LogP) is 3.82. The third kappa shape index (κ3) is 1.66. The van der Waals surface area contributed by atoms with Gasteiger partial charge in [-0.1, -0.05) is 23.2 Å². The summed E-state index contributed by atoms with van der Waals surface area (Å²) in [6.45, 7) is 0. The van der Waals surface area contributed by atoms with Crippen molar-refractivity contribution >= 4 is 34.2 Å². The van der Waals surface area contributed by atoms with E-state index in [9.17, 15) is 13.2 Å². The lowest BCUT2D eigenvalue weighted by molar-refractivity contribution is -0.201. The largest absolute Gasteiger partial charge is 0.490 e. The molecule has 1 aromatic carbocycles. The molecule has 80 valence electrons. The second kappa shape index (κ2) is 3.28. The van der Waals surface area contributed by atoms with Gasteiger partial charge < -0.3 is 0 Å². The molecule has 0 aliphatic rings. The van der Waals surface area contributed by atoms with Crippen molar-refractivity contribution in [2.24, 2.45) is 0 Å². The second-order valence-electron chi connectivity index (χ2n) is 2.81. The first-order valence-corrected chi connectivity index (χ1v) is 4.55. The van der Waals surface area contributed by atoms with Crippen LogP contribution in [0.4, 0.5) is 13.2 Å². The Balaban J connectivity index is 2.78. The lowest BCUT2D eigenvalue weighted by Crippen LogP contribution is -2.14. The van der Waals surface area contributed by atoms with Crippen LogP contribution in [0, 0.1) is 0 Å². The van der Waals surface area contributed by atoms with Crippen molar-refractivity contribution in [3.63, 3.8) is 0 Å². The maximum Gasteiger partial charge on any atom is 0.490 e. The monoisotopic (exact) mass is 254 g/mol. The molecule has 0 amide bonds. The molecule has 0 saturated carbocycles. The number of nitrogens with zero attached hydrogens (tertiary/aromatic N) is 2. The van der Waals surface area contributed by atoms with E-state index in [1.165, 1.54) is 12.1 Å². The first-order valence-electron chi connectivity index (χ1n) is 3.79. The van der Waals surface area contributed by atoms with Gasteiger partial charge in [0.1, 0.15) is 11.8 Å². The van der Waals surface area contributed by atoms with E-state index in [0.717, 1.165) is 0 Å². The van der Waals surface area contributed by atoms with E-state index in [1.807, 2.05) is 0 Å². The molecule has 15 heavy (non-hydrogen) atoms. The SMILES string of the molecule is FC(F)(F)n1cnc2c(Cl)c(Cl)ccc21. The highest BCUT2D eigenvalue weighted by Crippen LogP contribution is 2.33. The first kappa shape index (κ1) is 10.6. The van der Waals surface area contributed by atoms with Crippen molar-refractivity contribution < 1.29 is 13.2 Å². The quantitative estimate of drug-likeness (QED) is 0.699. The number of hydrogen-bond acceptors (Lipinski definition) is 1. The van der Waals surface area contributed by atoms with Gasteiger partial charge in [-0.3, -0.25) is 0 Å². The van der Waals surface area contributed by atoms with E-state index in [1.54, 1.807) is 0 Å². The van der Waals surface area contributed by atoms with Crippen LogP contribution in [-0.2, 0) is 6.30 Å². The zero-order valence-electron chi connectivity index (χ0n) is 7.02. The van der Waals surface area contributed by atoms with Crippen LogP contribution in [0.3, 0.4) is 0 Å². The molecule has 2 aromatic rings. The summed E-state index contributed by atoms with van der Waals surface area (Å²) in [7, 11) is 0. The third-order valence-corrected chi connectivity index (χ3v) is 2.68. The fraction of sp³-hybridized carbons (Fsp3) is 0.125. The maximum atomic E-state index is 12.4. The molecule has 1 aromatic heterocycles. The van der Waals surface area contributed by atoms with Gasteiger partial charge in [0.2, 0.25) is 0 Å². The van der Waals surface area contributed by atoms with Crippen LogP contribution in [0.25, 0.3) is 11.0 Å². The van der Waals surface area contributed by atoms with Crippen molar-refractivity contribution in [3.8, 4) is 0 Å². The highest BCUT2D eigenvalue weighted by atomic mass is 35.5. The number of aromatic nitrogens is 2. The predicted molar refractivity (Wildman–Crippen MR) is 51.1 cm³/mol. The smallest absolute Gasteiger partial charge is 0.241 e. The van der Waals surface area contributed by atoms with Gasteiger partial charge >= 0.3 is 6.30 Å². The first-order chi connectivity index (χ1) is 6.91. The molecule has 0 aliphatic heterocycles. The lowest BCUT2D eigenvalue weighted by Gasteiger charge is -2.07. The van der Waals surface area contributed by atoms with Gasteiger partial charge in [0.05, 0.1) is 15.6 Å². The molecule has 0 atom stereocenters. The van der Waals surface area contributed by atoms with E-state index < -0.39 is 6.30 Å². The number of alkyl halides is 3. The number of fused-ring (bicyclic) bond motifs is 1. The molecule has 0 radical (unpaired) electrons. The van der Waals surface area contributed by atoms with Crippen molar-refractivity contribution in [1.29, 1.82) is 0 Å². The number of benzene rings is 1. The van der Waals surface area contributed by atoms with Crippen LogP contribution in [0.1, 0.15) is 0 Å². The minimum atomic E-state index is -4.51. The Bertz CT molecular complexity index is 518. The minimum absolute atomic E-state index is 0.0252. The van der Waals surface area contributed by atoms with Crippen LogP contribution in [0.15, 0.2) is 18.5 Å². The molecular formula is C8H3Cl2F3N2. The summed E-state index contributed by atoms with van der Waals surface area (Å²) in [6, 6.07) is 2.53. The van der Waals surface area contributed by atoms with Crippen molar-refractivity contribution in [3.05, 3.63) is 28.5 Å². The molecule has 0 spiro atoms. The standard InChI is InChI=1S/C8H3Cl2F3N2/c9-4-1-2-5-7(6(4)10)14-3-15(5)8(11,12)13/h1-3H. The fourth-order valence-corrected chi connectivity index (χ4v) is 1.59. The number of hydrogen-bond donors (Lipinski definition) is 0. The summed E-state index contributed by atoms with van der Waals surface area (Å²) in [6.07, 6.45) is -3.83. The minimum Gasteiger partial charge on any atom is -0.241 e. The normalized spacial score (nSPS) is 12.3. The Kier molecular flexibility index (Phi) is 2.31. The molecule has 0 bridgehead atoms. The van der Waals surface area contributed by atoms with Gasteiger partial charge in [0, 0.05) is 0 Å². The van der Waals surface area contributed by atoms with Crippen LogP contribution in [0.5, 0.6) is 0 Å². The van der Waals surface area contributed by atoms with Crippen molar-refractivity contribution in [2.45, 2.75) is 6.30 Å². The molecule has 0 saturated heterocycles. The Hall–Kier alpha value is -0.940. The molecular weight excluding hydrogens is 252 g/mol. The van der Waals surface area contributed by atoms with Crippen molar-refractivity contribution in [2.75, 3.05) is 0 Å². The molecule has 2 rings (SSSR count). The number of rotatable bonds is 0. The van der Waals surface area contributed by atoms with Gasteiger partial charge in [-0.05, 0) is 12.1 Å². The molecule has 7 heteroatoms. The van der Waals surface area contributed by atoms with Crippen molar-refractivity contribution in [1.82, 2.24) is 9.55 Å². The summed E-state index contributed by atoms with van der Waals surface area (Å²) in [5.74, 6) is 0. The van der Waals surface area contributed by atoms with Gasteiger partial charge in [0.25, 0.3) is 0 Å². The van der Waals surface area contributed by atoms with Crippen LogP contribution in [-0.4, -0.2) is 9.55 Å². The van der Waals surface area contributed by atoms with E-state index in [-0.39, 0.29) is 25.6 Å². The Morgan fingerprint density at radius 3 is 2.47 bits per heavy atom. The van der Waals surface area contributed by atoms with Crippen LogP contribution in [0.2, 0.25) is 10.0 Å². The summed E-state index contributed by atoms with van der Waals surface area (Å²) >= 11 is 11.4. The van der Waals surface area contributed by atoms with E-state index >= 15 is 0 Å². The summed E-state index contributed by atoms with van der Waals surface area (Å²) in [5, 5.41) is 0.203. The Morgan fingerprint density at radius 1 is 1.20 bits per heavy atom. The molecule has 0 fully saturated rings. The van der Waals surface area contributed by atoms with E-state index in [4.69, 9.17) is 23.2 Å². The zero-order chi connectivity index (χ0) is 11.2. The summed E-state index contributed by atoms with van der Waals surface area (Å²) in [4.78, 5) is 3.57. The summed E-state index contributed by atoms with van der Waals surface area (Å²) in [5.41, 5.74) is -0.0709. The van der Waals surface area contributed by atoms with E-state index in [0.29, 0.717) is 6.33 Å². The van der Waals surface area contributed by atoms with Gasteiger partial charge in [-0.15, -0.1) is 13.2 Å². The number of halogens is 5. The fourth-order valence-electron chi connectivity index (χ4n) is 1.23.